The summed E-state index contributed by atoms with van der Waals surface area (Å²) in [4.78, 5) is 22.7. The Kier molecular flexibility index (Phi) is 4.84. The van der Waals surface area contributed by atoms with Crippen LogP contribution >= 0.6 is 0 Å². The quantitative estimate of drug-likeness (QED) is 0.845. The average molecular weight is 353 g/mol. The summed E-state index contributed by atoms with van der Waals surface area (Å²) in [7, 11) is 0. The third kappa shape index (κ3) is 3.70. The van der Waals surface area contributed by atoms with Gasteiger partial charge in [0, 0.05) is 37.7 Å². The monoisotopic (exact) mass is 353 g/mol. The number of likely N-dealkylation sites (tertiary alicyclic amines) is 1. The van der Waals surface area contributed by atoms with Crippen LogP contribution in [0.3, 0.4) is 0 Å². The Balaban J connectivity index is 1.28. The lowest BCUT2D eigenvalue weighted by Crippen LogP contribution is -2.43. The van der Waals surface area contributed by atoms with Crippen molar-refractivity contribution in [1.82, 2.24) is 14.9 Å². The molecule has 0 bridgehead atoms. The summed E-state index contributed by atoms with van der Waals surface area (Å²) in [5.41, 5.74) is 0.830. The lowest BCUT2D eigenvalue weighted by molar-refractivity contribution is 0.0422. The van der Waals surface area contributed by atoms with Gasteiger partial charge < -0.3 is 14.4 Å². The highest BCUT2D eigenvalue weighted by atomic mass is 16.5. The molecular weight excluding hydrogens is 330 g/mol. The Morgan fingerprint density at radius 3 is 2.85 bits per heavy atom. The van der Waals surface area contributed by atoms with Crippen LogP contribution in [0, 0.1) is 5.41 Å². The standard InChI is InChI=1S/C20H23N3O3/c24-19(16-4-3-8-21-13-16)23-10-6-20(7-11-23)12-17(26-15-20)14-25-18-5-1-2-9-22-18/h1-5,8-9,13,17H,6-7,10-12,14-15H2/t17-/m1/s1. The van der Waals surface area contributed by atoms with E-state index >= 15 is 0 Å². The number of carbonyl (C=O) groups is 1. The van der Waals surface area contributed by atoms with E-state index in [4.69, 9.17) is 9.47 Å². The Morgan fingerprint density at radius 2 is 2.12 bits per heavy atom. The van der Waals surface area contributed by atoms with Crippen LogP contribution in [0.4, 0.5) is 0 Å². The molecule has 4 heterocycles. The first-order valence-corrected chi connectivity index (χ1v) is 9.09. The number of aromatic nitrogens is 2. The largest absolute Gasteiger partial charge is 0.475 e. The first kappa shape index (κ1) is 17.0. The minimum atomic E-state index is 0.0712. The molecule has 2 aromatic heterocycles. The highest BCUT2D eigenvalue weighted by Gasteiger charge is 2.43. The van der Waals surface area contributed by atoms with Gasteiger partial charge in [0.2, 0.25) is 5.88 Å². The zero-order chi connectivity index (χ0) is 17.8. The van der Waals surface area contributed by atoms with Crippen LogP contribution in [-0.4, -0.2) is 53.2 Å². The van der Waals surface area contributed by atoms with Gasteiger partial charge in [-0.3, -0.25) is 9.78 Å². The number of carbonyl (C=O) groups excluding carboxylic acids is 1. The van der Waals surface area contributed by atoms with E-state index in [2.05, 4.69) is 9.97 Å². The van der Waals surface area contributed by atoms with Crippen LogP contribution in [0.1, 0.15) is 29.6 Å². The molecule has 6 nitrogen and oxygen atoms in total. The second-order valence-electron chi connectivity index (χ2n) is 7.15. The first-order valence-electron chi connectivity index (χ1n) is 9.09. The van der Waals surface area contributed by atoms with Crippen LogP contribution in [-0.2, 0) is 4.74 Å². The van der Waals surface area contributed by atoms with Crippen LogP contribution < -0.4 is 4.74 Å². The second-order valence-corrected chi connectivity index (χ2v) is 7.15. The van der Waals surface area contributed by atoms with Crippen molar-refractivity contribution >= 4 is 5.91 Å². The maximum atomic E-state index is 12.6. The molecule has 0 N–H and O–H groups in total. The number of ether oxygens (including phenoxy) is 2. The van der Waals surface area contributed by atoms with Gasteiger partial charge >= 0.3 is 0 Å². The average Bonchev–Trinajstić information content (AvgIpc) is 3.10. The molecule has 1 atom stereocenters. The van der Waals surface area contributed by atoms with Gasteiger partial charge in [-0.2, -0.15) is 0 Å². The maximum Gasteiger partial charge on any atom is 0.255 e. The van der Waals surface area contributed by atoms with Crippen LogP contribution in [0.2, 0.25) is 0 Å². The Labute approximate surface area is 153 Å². The summed E-state index contributed by atoms with van der Waals surface area (Å²) in [5.74, 6) is 0.704. The summed E-state index contributed by atoms with van der Waals surface area (Å²) in [5, 5.41) is 0. The van der Waals surface area contributed by atoms with Gasteiger partial charge in [0.25, 0.3) is 5.91 Å². The topological polar surface area (TPSA) is 64.6 Å². The summed E-state index contributed by atoms with van der Waals surface area (Å²) in [6, 6.07) is 9.26. The Hall–Kier alpha value is -2.47. The fraction of sp³-hybridized carbons (Fsp3) is 0.450. The molecule has 6 heteroatoms. The normalized spacial score (nSPS) is 21.7. The van der Waals surface area contributed by atoms with Gasteiger partial charge in [0.15, 0.2) is 0 Å². The lowest BCUT2D eigenvalue weighted by atomic mass is 9.76. The number of piperidine rings is 1. The van der Waals surface area contributed by atoms with Gasteiger partial charge in [-0.1, -0.05) is 6.07 Å². The molecule has 0 aromatic carbocycles. The van der Waals surface area contributed by atoms with E-state index in [1.165, 1.54) is 0 Å². The molecule has 0 saturated carbocycles. The van der Waals surface area contributed by atoms with E-state index in [-0.39, 0.29) is 17.4 Å². The molecule has 2 fully saturated rings. The van der Waals surface area contributed by atoms with E-state index in [9.17, 15) is 4.79 Å². The van der Waals surface area contributed by atoms with E-state index in [0.29, 0.717) is 18.1 Å². The molecule has 136 valence electrons. The summed E-state index contributed by atoms with van der Waals surface area (Å²) >= 11 is 0. The van der Waals surface area contributed by atoms with Crippen molar-refractivity contribution in [2.45, 2.75) is 25.4 Å². The molecule has 0 unspecified atom stereocenters. The van der Waals surface area contributed by atoms with Crippen molar-refractivity contribution in [3.63, 3.8) is 0 Å². The van der Waals surface area contributed by atoms with E-state index in [1.807, 2.05) is 29.2 Å². The van der Waals surface area contributed by atoms with Crippen molar-refractivity contribution in [1.29, 1.82) is 0 Å². The number of hydrogen-bond donors (Lipinski definition) is 0. The fourth-order valence-corrected chi connectivity index (χ4v) is 3.82. The van der Waals surface area contributed by atoms with Crippen molar-refractivity contribution in [2.75, 3.05) is 26.3 Å². The number of nitrogens with zero attached hydrogens (tertiary/aromatic N) is 3. The molecule has 2 saturated heterocycles. The molecule has 1 spiro atoms. The Bertz CT molecular complexity index is 730. The van der Waals surface area contributed by atoms with Gasteiger partial charge in [-0.05, 0) is 42.9 Å². The number of rotatable bonds is 4. The Morgan fingerprint density at radius 1 is 1.23 bits per heavy atom. The van der Waals surface area contributed by atoms with E-state index in [0.717, 1.165) is 39.0 Å². The molecule has 2 aliphatic heterocycles. The van der Waals surface area contributed by atoms with Crippen LogP contribution in [0.5, 0.6) is 5.88 Å². The molecule has 26 heavy (non-hydrogen) atoms. The maximum absolute atomic E-state index is 12.6. The van der Waals surface area contributed by atoms with Crippen molar-refractivity contribution in [3.8, 4) is 5.88 Å². The minimum Gasteiger partial charge on any atom is -0.475 e. The van der Waals surface area contributed by atoms with Crippen molar-refractivity contribution < 1.29 is 14.3 Å². The second kappa shape index (κ2) is 7.41. The lowest BCUT2D eigenvalue weighted by Gasteiger charge is -2.38. The number of pyridine rings is 2. The van der Waals surface area contributed by atoms with Crippen LogP contribution in [0.25, 0.3) is 0 Å². The third-order valence-electron chi connectivity index (χ3n) is 5.36. The third-order valence-corrected chi connectivity index (χ3v) is 5.36. The molecule has 0 radical (unpaired) electrons. The molecular formula is C20H23N3O3. The SMILES string of the molecule is O=C(c1cccnc1)N1CCC2(CC1)CO[C@@H](COc1ccccn1)C2. The zero-order valence-corrected chi connectivity index (χ0v) is 14.7. The van der Waals surface area contributed by atoms with E-state index in [1.54, 1.807) is 24.7 Å². The summed E-state index contributed by atoms with van der Waals surface area (Å²) < 4.78 is 11.7. The van der Waals surface area contributed by atoms with Crippen LogP contribution in [0.15, 0.2) is 48.9 Å². The highest BCUT2D eigenvalue weighted by molar-refractivity contribution is 5.93. The molecule has 0 aliphatic carbocycles. The molecule has 4 rings (SSSR count). The summed E-state index contributed by atoms with van der Waals surface area (Å²) in [6.07, 6.45) is 8.06. The fourth-order valence-electron chi connectivity index (χ4n) is 3.82. The van der Waals surface area contributed by atoms with Gasteiger partial charge in [0.1, 0.15) is 6.61 Å². The van der Waals surface area contributed by atoms with E-state index < -0.39 is 0 Å². The first-order chi connectivity index (χ1) is 12.7. The molecule has 2 aliphatic rings. The minimum absolute atomic E-state index is 0.0712. The zero-order valence-electron chi connectivity index (χ0n) is 14.7. The number of amides is 1. The predicted octanol–water partition coefficient (Wildman–Crippen LogP) is 2.57. The molecule has 2 aromatic rings. The smallest absolute Gasteiger partial charge is 0.255 e. The predicted molar refractivity (Wildman–Crippen MR) is 95.9 cm³/mol. The number of hydrogen-bond acceptors (Lipinski definition) is 5. The van der Waals surface area contributed by atoms with Gasteiger partial charge in [0.05, 0.1) is 18.3 Å². The van der Waals surface area contributed by atoms with Crippen molar-refractivity contribution in [2.24, 2.45) is 5.41 Å². The van der Waals surface area contributed by atoms with Gasteiger partial charge in [-0.25, -0.2) is 4.98 Å². The summed E-state index contributed by atoms with van der Waals surface area (Å²) in [6.45, 7) is 2.81. The van der Waals surface area contributed by atoms with Crippen molar-refractivity contribution in [3.05, 3.63) is 54.5 Å². The molecule has 1 amide bonds. The highest BCUT2D eigenvalue weighted by Crippen LogP contribution is 2.42. The van der Waals surface area contributed by atoms with Gasteiger partial charge in [-0.15, -0.1) is 0 Å².